The molecule has 0 aliphatic carbocycles. The number of aromatic nitrogens is 3. The number of hydrogen-bond acceptors (Lipinski definition) is 3. The molecule has 0 saturated heterocycles. The van der Waals surface area contributed by atoms with Crippen molar-refractivity contribution < 1.29 is 4.79 Å². The van der Waals surface area contributed by atoms with Gasteiger partial charge < -0.3 is 5.32 Å². The SMILES string of the molecule is CC(C)C(=O)N[C@H](n1cncn1)C(Cl)(Cl)Cl. The standard InChI is InChI=1S/C8H11Cl3N4O/c1-5(2)6(16)14-7(8(9,10)11)15-4-12-3-13-15/h3-5,7H,1-2H3,(H,14,16)/t7-/m1/s1. The Morgan fingerprint density at radius 1 is 1.44 bits per heavy atom. The Balaban J connectivity index is 2.86. The molecular formula is C8H11Cl3N4O. The van der Waals surface area contributed by atoms with E-state index in [1.807, 2.05) is 0 Å². The van der Waals surface area contributed by atoms with Crippen LogP contribution in [0.15, 0.2) is 12.7 Å². The molecule has 0 bridgehead atoms. The summed E-state index contributed by atoms with van der Waals surface area (Å²) in [5.41, 5.74) is 0. The van der Waals surface area contributed by atoms with Gasteiger partial charge in [-0.15, -0.1) is 0 Å². The quantitative estimate of drug-likeness (QED) is 0.863. The van der Waals surface area contributed by atoms with Crippen LogP contribution in [-0.4, -0.2) is 24.5 Å². The number of hydrogen-bond donors (Lipinski definition) is 1. The van der Waals surface area contributed by atoms with Crippen LogP contribution >= 0.6 is 34.8 Å². The predicted octanol–water partition coefficient (Wildman–Crippen LogP) is 1.92. The minimum Gasteiger partial charge on any atom is -0.330 e. The number of alkyl halides is 3. The average Bonchev–Trinajstić information content (AvgIpc) is 2.63. The number of nitrogens with one attached hydrogen (secondary N) is 1. The second-order valence-electron chi connectivity index (χ2n) is 3.48. The maximum atomic E-state index is 11.5. The molecule has 1 heterocycles. The number of nitrogens with zero attached hydrogens (tertiary/aromatic N) is 3. The van der Waals surface area contributed by atoms with Crippen LogP contribution in [0, 0.1) is 5.92 Å². The summed E-state index contributed by atoms with van der Waals surface area (Å²) in [4.78, 5) is 15.3. The Morgan fingerprint density at radius 2 is 2.06 bits per heavy atom. The maximum Gasteiger partial charge on any atom is 0.230 e. The van der Waals surface area contributed by atoms with Crippen molar-refractivity contribution >= 4 is 40.7 Å². The molecule has 0 aromatic carbocycles. The van der Waals surface area contributed by atoms with Crippen molar-refractivity contribution in [3.05, 3.63) is 12.7 Å². The van der Waals surface area contributed by atoms with Crippen molar-refractivity contribution in [2.75, 3.05) is 0 Å². The lowest BCUT2D eigenvalue weighted by molar-refractivity contribution is -0.125. The summed E-state index contributed by atoms with van der Waals surface area (Å²) in [5.74, 6) is -0.440. The molecule has 1 aromatic heterocycles. The van der Waals surface area contributed by atoms with Gasteiger partial charge in [0.2, 0.25) is 9.70 Å². The van der Waals surface area contributed by atoms with E-state index in [0.717, 1.165) is 0 Å². The zero-order valence-electron chi connectivity index (χ0n) is 8.69. The minimum atomic E-state index is -1.70. The van der Waals surface area contributed by atoms with E-state index in [4.69, 9.17) is 34.8 Å². The van der Waals surface area contributed by atoms with Crippen molar-refractivity contribution in [3.63, 3.8) is 0 Å². The van der Waals surface area contributed by atoms with Crippen LogP contribution < -0.4 is 5.32 Å². The highest BCUT2D eigenvalue weighted by Gasteiger charge is 2.36. The van der Waals surface area contributed by atoms with Crippen LogP contribution in [0.4, 0.5) is 0 Å². The molecule has 0 aliphatic rings. The van der Waals surface area contributed by atoms with E-state index in [9.17, 15) is 4.79 Å². The number of halogens is 3. The first-order chi connectivity index (χ1) is 7.32. The first-order valence-corrected chi connectivity index (χ1v) is 5.67. The molecule has 1 aromatic rings. The van der Waals surface area contributed by atoms with E-state index < -0.39 is 9.96 Å². The van der Waals surface area contributed by atoms with E-state index in [0.29, 0.717) is 0 Å². The first kappa shape index (κ1) is 13.5. The van der Waals surface area contributed by atoms with Gasteiger partial charge >= 0.3 is 0 Å². The van der Waals surface area contributed by atoms with E-state index >= 15 is 0 Å². The van der Waals surface area contributed by atoms with Crippen LogP contribution in [0.5, 0.6) is 0 Å². The average molecular weight is 286 g/mol. The molecule has 1 atom stereocenters. The van der Waals surface area contributed by atoms with Crippen LogP contribution in [0.2, 0.25) is 0 Å². The number of carbonyl (C=O) groups is 1. The third-order valence-corrected chi connectivity index (χ3v) is 2.43. The molecule has 0 unspecified atom stereocenters. The Morgan fingerprint density at radius 3 is 2.44 bits per heavy atom. The summed E-state index contributed by atoms with van der Waals surface area (Å²) in [7, 11) is 0. The highest BCUT2D eigenvalue weighted by molar-refractivity contribution is 6.67. The zero-order chi connectivity index (χ0) is 12.3. The minimum absolute atomic E-state index is 0.210. The monoisotopic (exact) mass is 284 g/mol. The van der Waals surface area contributed by atoms with Gasteiger partial charge in [0.15, 0.2) is 6.17 Å². The Labute approximate surface area is 108 Å². The Hall–Kier alpha value is -0.520. The van der Waals surface area contributed by atoms with Gasteiger partial charge in [-0.3, -0.25) is 4.79 Å². The fraction of sp³-hybridized carbons (Fsp3) is 0.625. The molecule has 90 valence electrons. The molecule has 1 amide bonds. The number of rotatable bonds is 3. The van der Waals surface area contributed by atoms with Gasteiger partial charge in [0, 0.05) is 5.92 Å². The normalized spacial score (nSPS) is 13.9. The second kappa shape index (κ2) is 5.21. The number of amides is 1. The Bertz CT molecular complexity index is 347. The summed E-state index contributed by atoms with van der Waals surface area (Å²) in [5, 5.41) is 6.42. The molecule has 1 N–H and O–H groups in total. The maximum absolute atomic E-state index is 11.5. The number of carbonyl (C=O) groups excluding carboxylic acids is 1. The summed E-state index contributed by atoms with van der Waals surface area (Å²) in [6, 6.07) is 0. The fourth-order valence-electron chi connectivity index (χ4n) is 0.950. The smallest absolute Gasteiger partial charge is 0.230 e. The molecule has 0 fully saturated rings. The van der Waals surface area contributed by atoms with Crippen molar-refractivity contribution in [3.8, 4) is 0 Å². The van der Waals surface area contributed by atoms with Gasteiger partial charge in [0.1, 0.15) is 12.7 Å². The molecule has 0 aliphatic heterocycles. The molecule has 0 spiro atoms. The third-order valence-electron chi connectivity index (χ3n) is 1.81. The van der Waals surface area contributed by atoms with Crippen LogP contribution in [0.1, 0.15) is 20.0 Å². The van der Waals surface area contributed by atoms with Gasteiger partial charge in [-0.1, -0.05) is 48.7 Å². The Kier molecular flexibility index (Phi) is 4.41. The van der Waals surface area contributed by atoms with Crippen LogP contribution in [-0.2, 0) is 4.79 Å². The lowest BCUT2D eigenvalue weighted by Gasteiger charge is -2.25. The van der Waals surface area contributed by atoms with Crippen molar-refractivity contribution in [2.45, 2.75) is 23.8 Å². The summed E-state index contributed by atoms with van der Waals surface area (Å²) in [6.45, 7) is 3.48. The van der Waals surface area contributed by atoms with E-state index in [1.54, 1.807) is 13.8 Å². The molecule has 0 saturated carbocycles. The molecule has 8 heteroatoms. The molecule has 0 radical (unpaired) electrons. The zero-order valence-corrected chi connectivity index (χ0v) is 11.0. The highest BCUT2D eigenvalue weighted by atomic mass is 35.6. The molecular weight excluding hydrogens is 274 g/mol. The molecule has 16 heavy (non-hydrogen) atoms. The molecule has 1 rings (SSSR count). The lowest BCUT2D eigenvalue weighted by atomic mass is 10.2. The predicted molar refractivity (Wildman–Crippen MR) is 62.3 cm³/mol. The summed E-state index contributed by atoms with van der Waals surface area (Å²) in [6.07, 6.45) is 1.79. The highest BCUT2D eigenvalue weighted by Crippen LogP contribution is 2.36. The van der Waals surface area contributed by atoms with Gasteiger partial charge in [-0.2, -0.15) is 5.10 Å². The van der Waals surface area contributed by atoms with Gasteiger partial charge in [0.05, 0.1) is 0 Å². The van der Waals surface area contributed by atoms with Crippen LogP contribution in [0.3, 0.4) is 0 Å². The fourth-order valence-corrected chi connectivity index (χ4v) is 1.41. The van der Waals surface area contributed by atoms with Gasteiger partial charge in [-0.05, 0) is 0 Å². The van der Waals surface area contributed by atoms with E-state index in [1.165, 1.54) is 17.3 Å². The second-order valence-corrected chi connectivity index (χ2v) is 5.85. The largest absolute Gasteiger partial charge is 0.330 e. The van der Waals surface area contributed by atoms with Crippen LogP contribution in [0.25, 0.3) is 0 Å². The van der Waals surface area contributed by atoms with E-state index in [2.05, 4.69) is 15.4 Å². The van der Waals surface area contributed by atoms with Crippen molar-refractivity contribution in [2.24, 2.45) is 5.92 Å². The van der Waals surface area contributed by atoms with Gasteiger partial charge in [-0.25, -0.2) is 9.67 Å². The first-order valence-electron chi connectivity index (χ1n) is 4.53. The van der Waals surface area contributed by atoms with Crippen molar-refractivity contribution in [1.82, 2.24) is 20.1 Å². The lowest BCUT2D eigenvalue weighted by Crippen LogP contribution is -2.42. The molecule has 5 nitrogen and oxygen atoms in total. The van der Waals surface area contributed by atoms with Crippen molar-refractivity contribution in [1.29, 1.82) is 0 Å². The van der Waals surface area contributed by atoms with Gasteiger partial charge in [0.25, 0.3) is 0 Å². The summed E-state index contributed by atoms with van der Waals surface area (Å²) >= 11 is 17.3. The summed E-state index contributed by atoms with van der Waals surface area (Å²) < 4.78 is -0.411. The topological polar surface area (TPSA) is 59.8 Å². The third kappa shape index (κ3) is 3.50. The van der Waals surface area contributed by atoms with E-state index in [-0.39, 0.29) is 11.8 Å².